The molecule has 0 atom stereocenters. The number of hydrogen-bond acceptors (Lipinski definition) is 3. The van der Waals surface area contributed by atoms with E-state index in [1.165, 1.54) is 18.4 Å². The van der Waals surface area contributed by atoms with E-state index in [0.717, 1.165) is 22.8 Å². The Bertz CT molecular complexity index is 734. The molecule has 0 amide bonds. The molecule has 7 heteroatoms. The molecular weight excluding hydrogens is 368 g/mol. The summed E-state index contributed by atoms with van der Waals surface area (Å²) in [4.78, 5) is 10.7. The van der Waals surface area contributed by atoms with Crippen LogP contribution in [-0.4, -0.2) is 46.3 Å². The molecule has 0 unspecified atom stereocenters. The minimum Gasteiger partial charge on any atom is -0.355 e. The lowest BCUT2D eigenvalue weighted by molar-refractivity contribution is 0.444. The van der Waals surface area contributed by atoms with Crippen molar-refractivity contribution < 1.29 is 0 Å². The molecule has 0 spiro atoms. The van der Waals surface area contributed by atoms with Crippen molar-refractivity contribution in [3.63, 3.8) is 0 Å². The molecule has 6 nitrogen and oxygen atoms in total. The molecule has 24 heavy (non-hydrogen) atoms. The quantitative estimate of drug-likeness (QED) is 0.628. The van der Waals surface area contributed by atoms with E-state index in [1.54, 1.807) is 11.0 Å². The highest BCUT2D eigenvalue weighted by Gasteiger charge is 2.44. The molecule has 1 aromatic carbocycles. The number of aliphatic imine (C=N–C) groups is 1. The third kappa shape index (κ3) is 3.61. The number of halogens is 1. The number of benzene rings is 1. The Morgan fingerprint density at radius 3 is 2.83 bits per heavy atom. The minimum atomic E-state index is 0.228. The van der Waals surface area contributed by atoms with Crippen LogP contribution >= 0.6 is 15.9 Å². The van der Waals surface area contributed by atoms with Crippen molar-refractivity contribution >= 4 is 21.9 Å². The van der Waals surface area contributed by atoms with Gasteiger partial charge in [0.25, 0.3) is 0 Å². The van der Waals surface area contributed by atoms with E-state index in [4.69, 9.17) is 0 Å². The lowest BCUT2D eigenvalue weighted by Crippen LogP contribution is -2.42. The van der Waals surface area contributed by atoms with Gasteiger partial charge in [0, 0.05) is 37.6 Å². The number of aryl methyl sites for hydroxylation is 1. The van der Waals surface area contributed by atoms with Crippen molar-refractivity contribution in [1.29, 1.82) is 0 Å². The fraction of sp³-hybridized carbons (Fsp3) is 0.471. The normalized spacial score (nSPS) is 16.1. The van der Waals surface area contributed by atoms with Crippen LogP contribution in [0.4, 0.5) is 0 Å². The van der Waals surface area contributed by atoms with Crippen LogP contribution < -0.4 is 5.32 Å². The van der Waals surface area contributed by atoms with Crippen LogP contribution in [0.5, 0.6) is 0 Å². The maximum atomic E-state index is 4.41. The molecule has 3 rings (SSSR count). The molecule has 0 radical (unpaired) electrons. The summed E-state index contributed by atoms with van der Waals surface area (Å²) in [6.07, 6.45) is 3.99. The van der Waals surface area contributed by atoms with Gasteiger partial charge in [0.1, 0.15) is 12.2 Å². The van der Waals surface area contributed by atoms with Crippen molar-refractivity contribution in [1.82, 2.24) is 25.0 Å². The summed E-state index contributed by atoms with van der Waals surface area (Å²) in [6, 6.07) is 8.61. The van der Waals surface area contributed by atoms with Crippen LogP contribution in [0.2, 0.25) is 0 Å². The lowest BCUT2D eigenvalue weighted by atomic mass is 9.96. The molecule has 1 fully saturated rings. The summed E-state index contributed by atoms with van der Waals surface area (Å²) in [6.45, 7) is 1.55. The molecule has 1 aliphatic rings. The van der Waals surface area contributed by atoms with Crippen LogP contribution in [0, 0.1) is 0 Å². The highest BCUT2D eigenvalue weighted by Crippen LogP contribution is 2.48. The molecule has 0 saturated heterocycles. The predicted octanol–water partition coefficient (Wildman–Crippen LogP) is 2.32. The Kier molecular flexibility index (Phi) is 4.89. The average molecular weight is 391 g/mol. The Morgan fingerprint density at radius 1 is 1.46 bits per heavy atom. The Balaban J connectivity index is 1.63. The molecule has 2 aromatic rings. The second-order valence-electron chi connectivity index (χ2n) is 6.35. The third-order valence-electron chi connectivity index (χ3n) is 4.63. The summed E-state index contributed by atoms with van der Waals surface area (Å²) < 4.78 is 2.92. The molecule has 1 N–H and O–H groups in total. The van der Waals surface area contributed by atoms with E-state index in [0.29, 0.717) is 6.54 Å². The van der Waals surface area contributed by atoms with E-state index in [1.807, 2.05) is 21.1 Å². The number of aromatic nitrogens is 3. The average Bonchev–Trinajstić information content (AvgIpc) is 3.26. The predicted molar refractivity (Wildman–Crippen MR) is 98.9 cm³/mol. The van der Waals surface area contributed by atoms with Gasteiger partial charge in [0.2, 0.25) is 0 Å². The maximum absolute atomic E-state index is 4.41. The van der Waals surface area contributed by atoms with Gasteiger partial charge < -0.3 is 10.2 Å². The number of nitrogens with one attached hydrogen (secondary N) is 1. The Hall–Kier alpha value is -1.89. The van der Waals surface area contributed by atoms with E-state index >= 15 is 0 Å². The monoisotopic (exact) mass is 390 g/mol. The first-order valence-electron chi connectivity index (χ1n) is 8.05. The van der Waals surface area contributed by atoms with Crippen LogP contribution in [-0.2, 0) is 19.0 Å². The molecule has 1 aliphatic carbocycles. The first-order valence-corrected chi connectivity index (χ1v) is 8.84. The smallest absolute Gasteiger partial charge is 0.193 e. The van der Waals surface area contributed by atoms with Crippen LogP contribution in [0.25, 0.3) is 0 Å². The van der Waals surface area contributed by atoms with Gasteiger partial charge in [-0.2, -0.15) is 5.10 Å². The van der Waals surface area contributed by atoms with Crippen molar-refractivity contribution in [3.8, 4) is 0 Å². The van der Waals surface area contributed by atoms with Gasteiger partial charge in [-0.05, 0) is 30.5 Å². The fourth-order valence-corrected chi connectivity index (χ4v) is 3.32. The molecule has 1 aromatic heterocycles. The van der Waals surface area contributed by atoms with Gasteiger partial charge in [-0.25, -0.2) is 4.98 Å². The maximum Gasteiger partial charge on any atom is 0.193 e. The van der Waals surface area contributed by atoms with E-state index < -0.39 is 0 Å². The van der Waals surface area contributed by atoms with Gasteiger partial charge in [0.05, 0.1) is 6.54 Å². The highest BCUT2D eigenvalue weighted by atomic mass is 79.9. The zero-order valence-corrected chi connectivity index (χ0v) is 15.9. The fourth-order valence-electron chi connectivity index (χ4n) is 2.92. The van der Waals surface area contributed by atoms with E-state index in [2.05, 4.69) is 65.5 Å². The Morgan fingerprint density at radius 2 is 2.25 bits per heavy atom. The minimum absolute atomic E-state index is 0.228. The number of hydrogen-bond donors (Lipinski definition) is 1. The van der Waals surface area contributed by atoms with Crippen LogP contribution in [0.3, 0.4) is 0 Å². The zero-order chi connectivity index (χ0) is 17.2. The van der Waals surface area contributed by atoms with E-state index in [-0.39, 0.29) is 5.41 Å². The SMILES string of the molecule is CN=C(NCC1(c2cccc(Br)c2)CC1)N(C)Cc1ncnn1C. The topological polar surface area (TPSA) is 58.3 Å². The second kappa shape index (κ2) is 6.93. The van der Waals surface area contributed by atoms with Crippen molar-refractivity contribution in [3.05, 3.63) is 46.5 Å². The number of rotatable bonds is 5. The van der Waals surface area contributed by atoms with E-state index in [9.17, 15) is 0 Å². The highest BCUT2D eigenvalue weighted by molar-refractivity contribution is 9.10. The second-order valence-corrected chi connectivity index (χ2v) is 7.26. The van der Waals surface area contributed by atoms with Gasteiger partial charge >= 0.3 is 0 Å². The summed E-state index contributed by atoms with van der Waals surface area (Å²) in [5, 5.41) is 7.64. The Labute approximate surface area is 151 Å². The first-order chi connectivity index (χ1) is 11.5. The number of guanidine groups is 1. The standard InChI is InChI=1S/C17H23BrN6/c1-19-16(23(2)10-15-21-12-22-24(15)3)20-11-17(7-8-17)13-5-4-6-14(18)9-13/h4-6,9,12H,7-8,10-11H2,1-3H3,(H,19,20). The molecule has 1 heterocycles. The molecule has 128 valence electrons. The molecule has 0 bridgehead atoms. The van der Waals surface area contributed by atoms with Gasteiger partial charge in [-0.1, -0.05) is 28.1 Å². The van der Waals surface area contributed by atoms with Gasteiger partial charge in [-0.15, -0.1) is 0 Å². The molecule has 0 aliphatic heterocycles. The van der Waals surface area contributed by atoms with Crippen LogP contribution in [0.15, 0.2) is 40.1 Å². The van der Waals surface area contributed by atoms with Crippen molar-refractivity contribution in [2.24, 2.45) is 12.0 Å². The van der Waals surface area contributed by atoms with Crippen molar-refractivity contribution in [2.75, 3.05) is 20.6 Å². The third-order valence-corrected chi connectivity index (χ3v) is 5.13. The van der Waals surface area contributed by atoms with Crippen molar-refractivity contribution in [2.45, 2.75) is 24.8 Å². The van der Waals surface area contributed by atoms with Gasteiger partial charge in [-0.3, -0.25) is 9.67 Å². The first kappa shape index (κ1) is 17.0. The largest absolute Gasteiger partial charge is 0.355 e. The molecule has 1 saturated carbocycles. The number of nitrogens with zero attached hydrogens (tertiary/aromatic N) is 5. The lowest BCUT2D eigenvalue weighted by Gasteiger charge is -2.24. The zero-order valence-electron chi connectivity index (χ0n) is 14.3. The van der Waals surface area contributed by atoms with Crippen LogP contribution in [0.1, 0.15) is 24.2 Å². The van der Waals surface area contributed by atoms with Gasteiger partial charge in [0.15, 0.2) is 5.96 Å². The summed E-state index contributed by atoms with van der Waals surface area (Å²) in [7, 11) is 5.73. The summed E-state index contributed by atoms with van der Waals surface area (Å²) >= 11 is 3.57. The summed E-state index contributed by atoms with van der Waals surface area (Å²) in [5.41, 5.74) is 1.61. The molecular formula is C17H23BrN6. The summed E-state index contributed by atoms with van der Waals surface area (Å²) in [5.74, 6) is 1.79.